The van der Waals surface area contributed by atoms with Gasteiger partial charge in [-0.1, -0.05) is 0 Å². The van der Waals surface area contributed by atoms with E-state index >= 15 is 0 Å². The van der Waals surface area contributed by atoms with Gasteiger partial charge >= 0.3 is 6.09 Å². The van der Waals surface area contributed by atoms with E-state index in [1.807, 2.05) is 0 Å². The van der Waals surface area contributed by atoms with Crippen molar-refractivity contribution in [1.82, 2.24) is 4.90 Å². The topological polar surface area (TPSA) is 90.2 Å². The molecule has 17 heavy (non-hydrogen) atoms. The van der Waals surface area contributed by atoms with E-state index in [4.69, 9.17) is 14.9 Å². The zero-order chi connectivity index (χ0) is 13.6. The normalized spacial score (nSPS) is 15.2. The number of aliphatic hydroxyl groups is 3. The molecule has 0 aromatic rings. The van der Waals surface area contributed by atoms with Crippen molar-refractivity contribution in [2.75, 3.05) is 19.8 Å². The van der Waals surface area contributed by atoms with Crippen molar-refractivity contribution in [3.05, 3.63) is 0 Å². The SMILES string of the molecule is CC(CO)N(C[C@@H](O)CO)C(=O)OC(C)(C)C. The Morgan fingerprint density at radius 3 is 2.18 bits per heavy atom. The van der Waals surface area contributed by atoms with Crippen LogP contribution in [0.15, 0.2) is 0 Å². The molecular weight excluding hydrogens is 226 g/mol. The molecule has 2 atom stereocenters. The number of nitrogens with zero attached hydrogens (tertiary/aromatic N) is 1. The number of aliphatic hydroxyl groups excluding tert-OH is 3. The van der Waals surface area contributed by atoms with Crippen LogP contribution in [0.25, 0.3) is 0 Å². The molecule has 0 aromatic carbocycles. The molecule has 3 N–H and O–H groups in total. The monoisotopic (exact) mass is 249 g/mol. The van der Waals surface area contributed by atoms with Gasteiger partial charge in [-0.15, -0.1) is 0 Å². The molecule has 0 aromatic heterocycles. The van der Waals surface area contributed by atoms with Gasteiger partial charge in [0.2, 0.25) is 0 Å². The Bertz CT molecular complexity index is 239. The highest BCUT2D eigenvalue weighted by Crippen LogP contribution is 2.12. The van der Waals surface area contributed by atoms with E-state index in [2.05, 4.69) is 0 Å². The highest BCUT2D eigenvalue weighted by atomic mass is 16.6. The maximum atomic E-state index is 11.8. The Morgan fingerprint density at radius 1 is 1.29 bits per heavy atom. The van der Waals surface area contributed by atoms with Crippen molar-refractivity contribution in [2.45, 2.75) is 45.4 Å². The number of ether oxygens (including phenoxy) is 1. The van der Waals surface area contributed by atoms with Crippen LogP contribution in [-0.2, 0) is 4.74 Å². The Hall–Kier alpha value is -0.850. The summed E-state index contributed by atoms with van der Waals surface area (Å²) in [5.74, 6) is 0. The summed E-state index contributed by atoms with van der Waals surface area (Å²) in [6.07, 6.45) is -1.66. The molecule has 0 aliphatic heterocycles. The molecule has 6 heteroatoms. The quantitative estimate of drug-likeness (QED) is 0.636. The van der Waals surface area contributed by atoms with Crippen LogP contribution in [0.4, 0.5) is 4.79 Å². The summed E-state index contributed by atoms with van der Waals surface area (Å²) in [6, 6.07) is -0.481. The van der Waals surface area contributed by atoms with Gasteiger partial charge in [-0.25, -0.2) is 4.79 Å². The van der Waals surface area contributed by atoms with Gasteiger partial charge in [0, 0.05) is 0 Å². The maximum Gasteiger partial charge on any atom is 0.410 e. The second-order valence-electron chi connectivity index (χ2n) is 5.00. The molecule has 0 radical (unpaired) electrons. The Kier molecular flexibility index (Phi) is 6.44. The largest absolute Gasteiger partial charge is 0.444 e. The van der Waals surface area contributed by atoms with Crippen LogP contribution in [0.2, 0.25) is 0 Å². The summed E-state index contributed by atoms with van der Waals surface area (Å²) < 4.78 is 5.15. The highest BCUT2D eigenvalue weighted by molar-refractivity contribution is 5.68. The molecule has 1 amide bonds. The van der Waals surface area contributed by atoms with Gasteiger partial charge in [0.15, 0.2) is 0 Å². The smallest absolute Gasteiger partial charge is 0.410 e. The first kappa shape index (κ1) is 16.1. The third kappa shape index (κ3) is 6.45. The van der Waals surface area contributed by atoms with Crippen LogP contribution in [0, 0.1) is 0 Å². The molecule has 0 bridgehead atoms. The Balaban J connectivity index is 4.62. The van der Waals surface area contributed by atoms with E-state index in [9.17, 15) is 9.90 Å². The van der Waals surface area contributed by atoms with E-state index in [0.717, 1.165) is 0 Å². The Morgan fingerprint density at radius 2 is 1.82 bits per heavy atom. The van der Waals surface area contributed by atoms with Gasteiger partial charge in [-0.2, -0.15) is 0 Å². The minimum Gasteiger partial charge on any atom is -0.444 e. The molecule has 0 spiro atoms. The third-order valence-corrected chi connectivity index (χ3v) is 2.04. The van der Waals surface area contributed by atoms with Crippen LogP contribution in [-0.4, -0.2) is 63.8 Å². The lowest BCUT2D eigenvalue weighted by molar-refractivity contribution is -0.00803. The van der Waals surface area contributed by atoms with Crippen LogP contribution >= 0.6 is 0 Å². The van der Waals surface area contributed by atoms with Crippen LogP contribution < -0.4 is 0 Å². The van der Waals surface area contributed by atoms with Crippen molar-refractivity contribution in [1.29, 1.82) is 0 Å². The van der Waals surface area contributed by atoms with Gasteiger partial charge in [-0.05, 0) is 27.7 Å². The first-order valence-corrected chi connectivity index (χ1v) is 5.60. The minimum absolute atomic E-state index is 0.0762. The molecule has 0 aliphatic carbocycles. The van der Waals surface area contributed by atoms with Crippen LogP contribution in [0.5, 0.6) is 0 Å². The van der Waals surface area contributed by atoms with Crippen molar-refractivity contribution in [3.8, 4) is 0 Å². The second kappa shape index (κ2) is 6.78. The zero-order valence-electron chi connectivity index (χ0n) is 10.9. The summed E-state index contributed by atoms with van der Waals surface area (Å²) in [5.41, 5.74) is -0.644. The van der Waals surface area contributed by atoms with E-state index in [-0.39, 0.29) is 13.2 Å². The molecule has 0 rings (SSSR count). The summed E-state index contributed by atoms with van der Waals surface area (Å²) in [6.45, 7) is 6.06. The maximum absolute atomic E-state index is 11.8. The number of carbonyl (C=O) groups is 1. The molecule has 102 valence electrons. The zero-order valence-corrected chi connectivity index (χ0v) is 10.9. The minimum atomic E-state index is -1.04. The summed E-state index contributed by atoms with van der Waals surface area (Å²) in [4.78, 5) is 13.0. The average Bonchev–Trinajstić information content (AvgIpc) is 2.21. The van der Waals surface area contributed by atoms with Crippen molar-refractivity contribution in [2.24, 2.45) is 0 Å². The van der Waals surface area contributed by atoms with E-state index < -0.39 is 30.4 Å². The highest BCUT2D eigenvalue weighted by Gasteiger charge is 2.27. The lowest BCUT2D eigenvalue weighted by Crippen LogP contribution is -2.47. The molecule has 1 unspecified atom stereocenters. The van der Waals surface area contributed by atoms with Gasteiger partial charge in [0.05, 0.1) is 31.9 Å². The molecule has 0 saturated carbocycles. The van der Waals surface area contributed by atoms with Crippen molar-refractivity contribution >= 4 is 6.09 Å². The lowest BCUT2D eigenvalue weighted by atomic mass is 10.2. The number of hydrogen-bond donors (Lipinski definition) is 3. The fraction of sp³-hybridized carbons (Fsp3) is 0.909. The molecule has 6 nitrogen and oxygen atoms in total. The number of amides is 1. The molecule has 0 fully saturated rings. The fourth-order valence-electron chi connectivity index (χ4n) is 1.14. The van der Waals surface area contributed by atoms with Gasteiger partial charge in [0.1, 0.15) is 5.60 Å². The number of hydrogen-bond acceptors (Lipinski definition) is 5. The average molecular weight is 249 g/mol. The first-order valence-electron chi connectivity index (χ1n) is 5.60. The standard InChI is InChI=1S/C11H23NO5/c1-8(6-13)12(5-9(15)7-14)10(16)17-11(2,3)4/h8-9,13-15H,5-7H2,1-4H3/t8?,9-/m1/s1. The van der Waals surface area contributed by atoms with E-state index in [1.54, 1.807) is 27.7 Å². The summed E-state index contributed by atoms with van der Waals surface area (Å²) in [7, 11) is 0. The van der Waals surface area contributed by atoms with Crippen LogP contribution in [0.3, 0.4) is 0 Å². The summed E-state index contributed by atoms with van der Waals surface area (Å²) >= 11 is 0. The molecule has 0 saturated heterocycles. The molecule has 0 heterocycles. The number of carbonyl (C=O) groups excluding carboxylic acids is 1. The predicted octanol–water partition coefficient (Wildman–Crippen LogP) is -0.0425. The molecular formula is C11H23NO5. The van der Waals surface area contributed by atoms with E-state index in [1.165, 1.54) is 4.90 Å². The fourth-order valence-corrected chi connectivity index (χ4v) is 1.14. The third-order valence-electron chi connectivity index (χ3n) is 2.04. The van der Waals surface area contributed by atoms with Crippen LogP contribution in [0.1, 0.15) is 27.7 Å². The second-order valence-corrected chi connectivity index (χ2v) is 5.00. The van der Waals surface area contributed by atoms with Gasteiger partial charge < -0.3 is 25.0 Å². The predicted molar refractivity (Wildman–Crippen MR) is 62.6 cm³/mol. The lowest BCUT2D eigenvalue weighted by Gasteiger charge is -2.31. The van der Waals surface area contributed by atoms with E-state index in [0.29, 0.717) is 0 Å². The van der Waals surface area contributed by atoms with Gasteiger partial charge in [-0.3, -0.25) is 0 Å². The summed E-state index contributed by atoms with van der Waals surface area (Å²) in [5, 5.41) is 27.1. The van der Waals surface area contributed by atoms with Crippen molar-refractivity contribution in [3.63, 3.8) is 0 Å². The number of rotatable bonds is 5. The van der Waals surface area contributed by atoms with Crippen molar-refractivity contribution < 1.29 is 24.9 Å². The van der Waals surface area contributed by atoms with Gasteiger partial charge in [0.25, 0.3) is 0 Å². The first-order chi connectivity index (χ1) is 7.71. The molecule has 0 aliphatic rings. The Labute approximate surface area is 102 Å².